The highest BCUT2D eigenvalue weighted by molar-refractivity contribution is 7.90. The Labute approximate surface area is 155 Å². The highest BCUT2D eigenvalue weighted by Gasteiger charge is 2.17. The van der Waals surface area contributed by atoms with Crippen LogP contribution in [0.25, 0.3) is 0 Å². The first kappa shape index (κ1) is 18.9. The van der Waals surface area contributed by atoms with E-state index in [0.717, 1.165) is 31.5 Å². The molecule has 6 heteroatoms. The topological polar surface area (TPSA) is 68.3 Å². The SMILES string of the molecule is CC(C)COc1ccc(S(=O)(=O)Cc2ccc3c(c2)CCNCC3)cn1. The number of fused-ring (bicyclic) bond motifs is 1. The molecule has 0 amide bonds. The molecule has 26 heavy (non-hydrogen) atoms. The molecular weight excluding hydrogens is 348 g/mol. The lowest BCUT2D eigenvalue weighted by Crippen LogP contribution is -2.16. The molecule has 2 heterocycles. The Morgan fingerprint density at radius 2 is 1.88 bits per heavy atom. The summed E-state index contributed by atoms with van der Waals surface area (Å²) >= 11 is 0. The highest BCUT2D eigenvalue weighted by atomic mass is 32.2. The normalized spacial score (nSPS) is 14.7. The zero-order valence-electron chi connectivity index (χ0n) is 15.4. The van der Waals surface area contributed by atoms with E-state index in [9.17, 15) is 8.42 Å². The molecule has 0 bridgehead atoms. The van der Waals surface area contributed by atoms with Crippen LogP contribution in [0.5, 0.6) is 5.88 Å². The van der Waals surface area contributed by atoms with Crippen LogP contribution in [-0.4, -0.2) is 33.1 Å². The van der Waals surface area contributed by atoms with Gasteiger partial charge >= 0.3 is 0 Å². The van der Waals surface area contributed by atoms with Crippen molar-refractivity contribution in [2.75, 3.05) is 19.7 Å². The van der Waals surface area contributed by atoms with Crippen LogP contribution in [0.2, 0.25) is 0 Å². The zero-order valence-corrected chi connectivity index (χ0v) is 16.2. The van der Waals surface area contributed by atoms with Crippen molar-refractivity contribution in [1.82, 2.24) is 10.3 Å². The van der Waals surface area contributed by atoms with Gasteiger partial charge in [-0.2, -0.15) is 0 Å². The van der Waals surface area contributed by atoms with Gasteiger partial charge in [-0.05, 0) is 54.6 Å². The second kappa shape index (κ2) is 8.18. The van der Waals surface area contributed by atoms with Crippen LogP contribution in [0.4, 0.5) is 0 Å². The van der Waals surface area contributed by atoms with Crippen molar-refractivity contribution in [3.63, 3.8) is 0 Å². The molecule has 1 aromatic heterocycles. The number of rotatable bonds is 6. The molecule has 1 N–H and O–H groups in total. The van der Waals surface area contributed by atoms with E-state index in [1.165, 1.54) is 17.3 Å². The Morgan fingerprint density at radius 3 is 2.58 bits per heavy atom. The Morgan fingerprint density at radius 1 is 1.12 bits per heavy atom. The summed E-state index contributed by atoms with van der Waals surface area (Å²) < 4.78 is 31.0. The number of sulfone groups is 1. The van der Waals surface area contributed by atoms with Crippen LogP contribution >= 0.6 is 0 Å². The Hall–Kier alpha value is -1.92. The van der Waals surface area contributed by atoms with Crippen LogP contribution in [0.15, 0.2) is 41.4 Å². The predicted octanol–water partition coefficient (Wildman–Crippen LogP) is 2.78. The lowest BCUT2D eigenvalue weighted by atomic mass is 10.0. The van der Waals surface area contributed by atoms with Crippen molar-refractivity contribution < 1.29 is 13.2 Å². The maximum atomic E-state index is 12.7. The fourth-order valence-corrected chi connectivity index (χ4v) is 4.28. The number of hydrogen-bond acceptors (Lipinski definition) is 5. The fraction of sp³-hybridized carbons (Fsp3) is 0.450. The molecule has 1 aromatic carbocycles. The summed E-state index contributed by atoms with van der Waals surface area (Å²) in [5, 5.41) is 3.37. The summed E-state index contributed by atoms with van der Waals surface area (Å²) in [6, 6.07) is 9.22. The van der Waals surface area contributed by atoms with Gasteiger partial charge in [0.2, 0.25) is 5.88 Å². The first-order chi connectivity index (χ1) is 12.4. The third kappa shape index (κ3) is 4.83. The Balaban J connectivity index is 1.73. The number of hydrogen-bond donors (Lipinski definition) is 1. The van der Waals surface area contributed by atoms with E-state index in [0.29, 0.717) is 18.4 Å². The van der Waals surface area contributed by atoms with Crippen molar-refractivity contribution in [1.29, 1.82) is 0 Å². The third-order valence-corrected chi connectivity index (χ3v) is 6.08. The van der Waals surface area contributed by atoms with Crippen molar-refractivity contribution in [3.05, 3.63) is 53.2 Å². The van der Waals surface area contributed by atoms with Crippen LogP contribution in [0, 0.1) is 5.92 Å². The average molecular weight is 375 g/mol. The van der Waals surface area contributed by atoms with E-state index in [1.54, 1.807) is 12.1 Å². The molecule has 1 aliphatic heterocycles. The van der Waals surface area contributed by atoms with Gasteiger partial charge < -0.3 is 10.1 Å². The predicted molar refractivity (Wildman–Crippen MR) is 102 cm³/mol. The second-order valence-corrected chi connectivity index (χ2v) is 9.14. The van der Waals surface area contributed by atoms with Gasteiger partial charge in [0.25, 0.3) is 0 Å². The standard InChI is InChI=1S/C20H26N2O3S/c1-15(2)13-25-20-6-5-19(12-22-20)26(23,24)14-16-3-4-17-7-9-21-10-8-18(17)11-16/h3-6,11-12,15,21H,7-10,13-14H2,1-2H3. The van der Waals surface area contributed by atoms with Gasteiger partial charge in [0.15, 0.2) is 9.84 Å². The first-order valence-electron chi connectivity index (χ1n) is 9.07. The molecule has 0 saturated carbocycles. The highest BCUT2D eigenvalue weighted by Crippen LogP contribution is 2.21. The lowest BCUT2D eigenvalue weighted by molar-refractivity contribution is 0.261. The van der Waals surface area contributed by atoms with Gasteiger partial charge in [-0.15, -0.1) is 0 Å². The molecule has 0 spiro atoms. The van der Waals surface area contributed by atoms with Gasteiger partial charge in [-0.1, -0.05) is 32.0 Å². The van der Waals surface area contributed by atoms with Crippen molar-refractivity contribution in [2.45, 2.75) is 37.3 Å². The summed E-state index contributed by atoms with van der Waals surface area (Å²) in [5.41, 5.74) is 3.38. The van der Waals surface area contributed by atoms with Gasteiger partial charge in [0.1, 0.15) is 0 Å². The van der Waals surface area contributed by atoms with Gasteiger partial charge in [-0.25, -0.2) is 13.4 Å². The van der Waals surface area contributed by atoms with Gasteiger partial charge in [0, 0.05) is 12.3 Å². The minimum absolute atomic E-state index is 0.0123. The molecule has 0 atom stereocenters. The summed E-state index contributed by atoms with van der Waals surface area (Å²) in [6.45, 7) is 6.57. The molecule has 0 unspecified atom stereocenters. The monoisotopic (exact) mass is 374 g/mol. The Bertz CT molecular complexity index is 846. The van der Waals surface area contributed by atoms with E-state index in [1.807, 2.05) is 12.1 Å². The van der Waals surface area contributed by atoms with Crippen LogP contribution in [0.3, 0.4) is 0 Å². The molecule has 5 nitrogen and oxygen atoms in total. The van der Waals surface area contributed by atoms with Gasteiger partial charge in [-0.3, -0.25) is 0 Å². The molecule has 0 saturated heterocycles. The largest absolute Gasteiger partial charge is 0.477 e. The maximum absolute atomic E-state index is 12.7. The molecule has 2 aromatic rings. The molecule has 0 radical (unpaired) electrons. The summed E-state index contributed by atoms with van der Waals surface area (Å²) in [4.78, 5) is 4.36. The van der Waals surface area contributed by atoms with E-state index < -0.39 is 9.84 Å². The van der Waals surface area contributed by atoms with Crippen molar-refractivity contribution in [2.24, 2.45) is 5.92 Å². The minimum Gasteiger partial charge on any atom is -0.477 e. The number of benzene rings is 1. The second-order valence-electron chi connectivity index (χ2n) is 7.15. The quantitative estimate of drug-likeness (QED) is 0.842. The zero-order chi connectivity index (χ0) is 18.6. The van der Waals surface area contributed by atoms with E-state index in [4.69, 9.17) is 4.74 Å². The molecular formula is C20H26N2O3S. The minimum atomic E-state index is -3.43. The first-order valence-corrected chi connectivity index (χ1v) is 10.7. The average Bonchev–Trinajstić information content (AvgIpc) is 2.85. The molecule has 0 aliphatic carbocycles. The summed E-state index contributed by atoms with van der Waals surface area (Å²) in [6.07, 6.45) is 3.31. The molecule has 1 aliphatic rings. The number of nitrogens with zero attached hydrogens (tertiary/aromatic N) is 1. The van der Waals surface area contributed by atoms with E-state index in [2.05, 4.69) is 30.2 Å². The van der Waals surface area contributed by atoms with Crippen molar-refractivity contribution >= 4 is 9.84 Å². The third-order valence-electron chi connectivity index (χ3n) is 4.40. The number of ether oxygens (including phenoxy) is 1. The summed E-state index contributed by atoms with van der Waals surface area (Å²) in [7, 11) is -3.43. The van der Waals surface area contributed by atoms with Crippen molar-refractivity contribution in [3.8, 4) is 5.88 Å². The lowest BCUT2D eigenvalue weighted by Gasteiger charge is -2.10. The summed E-state index contributed by atoms with van der Waals surface area (Å²) in [5.74, 6) is 0.834. The maximum Gasteiger partial charge on any atom is 0.213 e. The molecule has 3 rings (SSSR count). The van der Waals surface area contributed by atoms with E-state index >= 15 is 0 Å². The van der Waals surface area contributed by atoms with Crippen LogP contribution in [-0.2, 0) is 28.4 Å². The van der Waals surface area contributed by atoms with E-state index in [-0.39, 0.29) is 10.6 Å². The van der Waals surface area contributed by atoms with Crippen LogP contribution in [0.1, 0.15) is 30.5 Å². The van der Waals surface area contributed by atoms with Crippen LogP contribution < -0.4 is 10.1 Å². The number of pyridine rings is 1. The fourth-order valence-electron chi connectivity index (χ4n) is 3.01. The number of aromatic nitrogens is 1. The Kier molecular flexibility index (Phi) is 5.94. The molecule has 140 valence electrons. The van der Waals surface area contributed by atoms with Gasteiger partial charge in [0.05, 0.1) is 17.3 Å². The smallest absolute Gasteiger partial charge is 0.213 e. The molecule has 0 fully saturated rings. The number of nitrogens with one attached hydrogen (secondary N) is 1.